The Labute approximate surface area is 69.2 Å². The van der Waals surface area contributed by atoms with E-state index in [0.717, 1.165) is 6.54 Å². The molecular formula is C9H19NO. The van der Waals surface area contributed by atoms with E-state index in [-0.39, 0.29) is 0 Å². The normalized spacial score (nSPS) is 34.1. The highest BCUT2D eigenvalue weighted by Crippen LogP contribution is 2.21. The Morgan fingerprint density at radius 2 is 1.82 bits per heavy atom. The number of aliphatic hydroxyl groups excluding tert-OH is 1. The van der Waals surface area contributed by atoms with Gasteiger partial charge in [-0.2, -0.15) is 0 Å². The van der Waals surface area contributed by atoms with Gasteiger partial charge in [0.2, 0.25) is 0 Å². The first-order chi connectivity index (χ1) is 5.25. The average molecular weight is 157 g/mol. The van der Waals surface area contributed by atoms with Crippen molar-refractivity contribution < 1.29 is 5.11 Å². The maximum atomic E-state index is 8.81. The van der Waals surface area contributed by atoms with Gasteiger partial charge in [-0.1, -0.05) is 6.42 Å². The summed E-state index contributed by atoms with van der Waals surface area (Å²) in [6.07, 6.45) is 3.94. The third-order valence-electron chi connectivity index (χ3n) is 2.73. The minimum atomic E-state index is 0.300. The van der Waals surface area contributed by atoms with E-state index in [0.29, 0.717) is 18.7 Å². The predicted molar refractivity (Wildman–Crippen MR) is 46.6 cm³/mol. The van der Waals surface area contributed by atoms with E-state index in [1.54, 1.807) is 0 Å². The lowest BCUT2D eigenvalue weighted by Crippen LogP contribution is -2.44. The summed E-state index contributed by atoms with van der Waals surface area (Å²) in [4.78, 5) is 2.41. The summed E-state index contributed by atoms with van der Waals surface area (Å²) in [6.45, 7) is 5.66. The topological polar surface area (TPSA) is 23.5 Å². The third kappa shape index (κ3) is 2.17. The van der Waals surface area contributed by atoms with E-state index in [2.05, 4.69) is 18.7 Å². The Bertz CT molecular complexity index is 106. The molecule has 11 heavy (non-hydrogen) atoms. The summed E-state index contributed by atoms with van der Waals surface area (Å²) in [7, 11) is 0. The van der Waals surface area contributed by atoms with Gasteiger partial charge in [0.1, 0.15) is 0 Å². The van der Waals surface area contributed by atoms with Crippen LogP contribution in [0.5, 0.6) is 0 Å². The average Bonchev–Trinajstić information content (AvgIpc) is 1.97. The molecule has 1 N–H and O–H groups in total. The Morgan fingerprint density at radius 1 is 1.27 bits per heavy atom. The molecule has 0 amide bonds. The lowest BCUT2D eigenvalue weighted by atomic mass is 9.98. The van der Waals surface area contributed by atoms with Gasteiger partial charge in [0, 0.05) is 18.6 Å². The van der Waals surface area contributed by atoms with Crippen LogP contribution < -0.4 is 0 Å². The van der Waals surface area contributed by atoms with Crippen LogP contribution in [0.3, 0.4) is 0 Å². The quantitative estimate of drug-likeness (QED) is 0.652. The van der Waals surface area contributed by atoms with Crippen molar-refractivity contribution >= 4 is 0 Å². The minimum Gasteiger partial charge on any atom is -0.395 e. The molecular weight excluding hydrogens is 138 g/mol. The van der Waals surface area contributed by atoms with Crippen LogP contribution in [0.2, 0.25) is 0 Å². The summed E-state index contributed by atoms with van der Waals surface area (Å²) < 4.78 is 0. The standard InChI is InChI=1S/C9H19NO/c1-8-4-3-5-9(2)10(8)6-7-11/h8-9,11H,3-7H2,1-2H3/t8-,9-/m1/s1. The monoisotopic (exact) mass is 157 g/mol. The Hall–Kier alpha value is -0.0800. The Balaban J connectivity index is 2.41. The second-order valence-corrected chi connectivity index (χ2v) is 3.59. The van der Waals surface area contributed by atoms with E-state index in [4.69, 9.17) is 5.11 Å². The van der Waals surface area contributed by atoms with Gasteiger partial charge in [-0.3, -0.25) is 4.90 Å². The fraction of sp³-hybridized carbons (Fsp3) is 1.00. The molecule has 1 fully saturated rings. The summed E-state index contributed by atoms with van der Waals surface area (Å²) in [5, 5.41) is 8.81. The number of hydrogen-bond acceptors (Lipinski definition) is 2. The smallest absolute Gasteiger partial charge is 0.0558 e. The Kier molecular flexibility index (Phi) is 3.34. The molecule has 0 aromatic heterocycles. The van der Waals surface area contributed by atoms with Gasteiger partial charge in [-0.15, -0.1) is 0 Å². The van der Waals surface area contributed by atoms with E-state index in [1.807, 2.05) is 0 Å². The number of aliphatic hydroxyl groups is 1. The first-order valence-corrected chi connectivity index (χ1v) is 4.62. The predicted octanol–water partition coefficient (Wildman–Crippen LogP) is 1.24. The fourth-order valence-corrected chi connectivity index (χ4v) is 2.03. The van der Waals surface area contributed by atoms with E-state index < -0.39 is 0 Å². The lowest BCUT2D eigenvalue weighted by Gasteiger charge is -2.38. The van der Waals surface area contributed by atoms with Gasteiger partial charge >= 0.3 is 0 Å². The van der Waals surface area contributed by atoms with Gasteiger partial charge in [0.15, 0.2) is 0 Å². The summed E-state index contributed by atoms with van der Waals surface area (Å²) >= 11 is 0. The number of rotatable bonds is 2. The van der Waals surface area contributed by atoms with Crippen LogP contribution in [-0.2, 0) is 0 Å². The molecule has 1 aliphatic heterocycles. The lowest BCUT2D eigenvalue weighted by molar-refractivity contribution is 0.0804. The van der Waals surface area contributed by atoms with Crippen molar-refractivity contribution in [3.05, 3.63) is 0 Å². The van der Waals surface area contributed by atoms with Crippen molar-refractivity contribution in [2.24, 2.45) is 0 Å². The van der Waals surface area contributed by atoms with Crippen molar-refractivity contribution in [1.82, 2.24) is 4.90 Å². The molecule has 0 radical (unpaired) electrons. The zero-order valence-corrected chi connectivity index (χ0v) is 7.58. The second-order valence-electron chi connectivity index (χ2n) is 3.59. The Morgan fingerprint density at radius 3 is 2.27 bits per heavy atom. The number of β-amino-alcohol motifs (C(OH)–C–C–N with tert-alkyl or cyclic N) is 1. The number of piperidine rings is 1. The van der Waals surface area contributed by atoms with Crippen LogP contribution in [-0.4, -0.2) is 35.2 Å². The minimum absolute atomic E-state index is 0.300. The van der Waals surface area contributed by atoms with Crippen LogP contribution in [0.4, 0.5) is 0 Å². The summed E-state index contributed by atoms with van der Waals surface area (Å²) in [6, 6.07) is 1.34. The zero-order chi connectivity index (χ0) is 8.27. The van der Waals surface area contributed by atoms with Crippen LogP contribution in [0, 0.1) is 0 Å². The maximum Gasteiger partial charge on any atom is 0.0558 e. The molecule has 2 heteroatoms. The molecule has 0 aliphatic carbocycles. The number of hydrogen-bond donors (Lipinski definition) is 1. The highest BCUT2D eigenvalue weighted by atomic mass is 16.3. The van der Waals surface area contributed by atoms with Gasteiger partial charge in [0.05, 0.1) is 6.61 Å². The molecule has 0 saturated carbocycles. The van der Waals surface area contributed by atoms with Gasteiger partial charge in [-0.05, 0) is 26.7 Å². The third-order valence-corrected chi connectivity index (χ3v) is 2.73. The molecule has 66 valence electrons. The SMILES string of the molecule is C[C@@H]1CCC[C@@H](C)N1CCO. The van der Waals surface area contributed by atoms with Crippen molar-refractivity contribution in [2.45, 2.75) is 45.2 Å². The first-order valence-electron chi connectivity index (χ1n) is 4.62. The fourth-order valence-electron chi connectivity index (χ4n) is 2.03. The highest BCUT2D eigenvalue weighted by Gasteiger charge is 2.23. The van der Waals surface area contributed by atoms with Gasteiger partial charge in [-0.25, -0.2) is 0 Å². The van der Waals surface area contributed by atoms with Crippen LogP contribution >= 0.6 is 0 Å². The van der Waals surface area contributed by atoms with Crippen LogP contribution in [0.15, 0.2) is 0 Å². The summed E-state index contributed by atoms with van der Waals surface area (Å²) in [5.74, 6) is 0. The molecule has 0 unspecified atom stereocenters. The number of likely N-dealkylation sites (tertiary alicyclic amines) is 1. The molecule has 0 spiro atoms. The molecule has 1 saturated heterocycles. The maximum absolute atomic E-state index is 8.81. The molecule has 0 aromatic rings. The van der Waals surface area contributed by atoms with E-state index >= 15 is 0 Å². The van der Waals surface area contributed by atoms with E-state index in [9.17, 15) is 0 Å². The van der Waals surface area contributed by atoms with Gasteiger partial charge in [0.25, 0.3) is 0 Å². The number of nitrogens with zero attached hydrogens (tertiary/aromatic N) is 1. The van der Waals surface area contributed by atoms with Gasteiger partial charge < -0.3 is 5.11 Å². The van der Waals surface area contributed by atoms with Crippen molar-refractivity contribution in [3.63, 3.8) is 0 Å². The molecule has 2 nitrogen and oxygen atoms in total. The summed E-state index contributed by atoms with van der Waals surface area (Å²) in [5.41, 5.74) is 0. The first kappa shape index (κ1) is 9.01. The molecule has 1 aliphatic rings. The van der Waals surface area contributed by atoms with Crippen LogP contribution in [0.1, 0.15) is 33.1 Å². The molecule has 2 atom stereocenters. The van der Waals surface area contributed by atoms with E-state index in [1.165, 1.54) is 19.3 Å². The molecule has 1 rings (SSSR count). The largest absolute Gasteiger partial charge is 0.395 e. The molecule has 0 bridgehead atoms. The van der Waals surface area contributed by atoms with Crippen LogP contribution in [0.25, 0.3) is 0 Å². The zero-order valence-electron chi connectivity index (χ0n) is 7.58. The molecule has 0 aromatic carbocycles. The van der Waals surface area contributed by atoms with Crippen molar-refractivity contribution in [1.29, 1.82) is 0 Å². The second kappa shape index (κ2) is 4.07. The van der Waals surface area contributed by atoms with Crippen molar-refractivity contribution in [3.8, 4) is 0 Å². The molecule has 1 heterocycles. The highest BCUT2D eigenvalue weighted by molar-refractivity contribution is 4.78. The van der Waals surface area contributed by atoms with Crippen molar-refractivity contribution in [2.75, 3.05) is 13.2 Å².